The van der Waals surface area contributed by atoms with Crippen LogP contribution < -0.4 is 15.1 Å². The van der Waals surface area contributed by atoms with Crippen molar-refractivity contribution in [1.82, 2.24) is 0 Å². The van der Waals surface area contributed by atoms with Gasteiger partial charge in [-0.05, 0) is 46.6 Å². The summed E-state index contributed by atoms with van der Waals surface area (Å²) >= 11 is 0. The van der Waals surface area contributed by atoms with Gasteiger partial charge in [-0.15, -0.1) is 5.73 Å². The molecule has 0 bridgehead atoms. The highest BCUT2D eigenvalue weighted by atomic mass is 28.4. The molecule has 5 nitrogen and oxygen atoms in total. The molecule has 0 aliphatic rings. The molecule has 0 aromatic heterocycles. The lowest BCUT2D eigenvalue weighted by Gasteiger charge is -2.43. The number of rotatable bonds is 10. The van der Waals surface area contributed by atoms with Crippen LogP contribution in [0.5, 0.6) is 5.75 Å². The molecule has 0 aliphatic heterocycles. The molecular weight excluding hydrogens is 480 g/mol. The maximum Gasteiger partial charge on any atom is 0.338 e. The maximum atomic E-state index is 12.9. The average Bonchev–Trinajstić information content (AvgIpc) is 2.91. The summed E-state index contributed by atoms with van der Waals surface area (Å²) in [6, 6.07) is 27.0. The van der Waals surface area contributed by atoms with Gasteiger partial charge in [0.25, 0.3) is 8.32 Å². The molecular formula is C31H36O5Si. The first-order valence-corrected chi connectivity index (χ1v) is 14.2. The predicted octanol–water partition coefficient (Wildman–Crippen LogP) is 4.89. The molecule has 6 heteroatoms. The van der Waals surface area contributed by atoms with Gasteiger partial charge in [0.05, 0.1) is 19.3 Å². The molecule has 194 valence electrons. The second kappa shape index (κ2) is 12.2. The summed E-state index contributed by atoms with van der Waals surface area (Å²) in [5.41, 5.74) is 3.64. The zero-order valence-corrected chi connectivity index (χ0v) is 23.2. The van der Waals surface area contributed by atoms with Gasteiger partial charge in [0, 0.05) is 5.57 Å². The molecule has 37 heavy (non-hydrogen) atoms. The van der Waals surface area contributed by atoms with Gasteiger partial charge in [0.1, 0.15) is 11.9 Å². The minimum Gasteiger partial charge on any atom is -0.497 e. The van der Waals surface area contributed by atoms with Crippen LogP contribution in [0.4, 0.5) is 0 Å². The Morgan fingerprint density at radius 2 is 1.46 bits per heavy atom. The van der Waals surface area contributed by atoms with E-state index in [4.69, 9.17) is 13.9 Å². The van der Waals surface area contributed by atoms with Crippen molar-refractivity contribution >= 4 is 24.7 Å². The highest BCUT2D eigenvalue weighted by molar-refractivity contribution is 6.99. The van der Waals surface area contributed by atoms with Gasteiger partial charge in [-0.3, -0.25) is 0 Å². The number of hydrogen-bond donors (Lipinski definition) is 1. The molecule has 3 aromatic carbocycles. The van der Waals surface area contributed by atoms with Crippen LogP contribution in [0.2, 0.25) is 5.04 Å². The first-order valence-electron chi connectivity index (χ1n) is 12.3. The van der Waals surface area contributed by atoms with Crippen LogP contribution in [0, 0.1) is 0 Å². The molecule has 0 saturated heterocycles. The normalized spacial score (nSPS) is 13.2. The number of ether oxygens (including phenoxy) is 2. The highest BCUT2D eigenvalue weighted by Gasteiger charge is 2.50. The lowest BCUT2D eigenvalue weighted by atomic mass is 10.1. The molecule has 0 amide bonds. The van der Waals surface area contributed by atoms with Gasteiger partial charge in [0.2, 0.25) is 0 Å². The number of esters is 1. The summed E-state index contributed by atoms with van der Waals surface area (Å²) < 4.78 is 17.8. The quantitative estimate of drug-likeness (QED) is 0.236. The maximum absolute atomic E-state index is 12.9. The summed E-state index contributed by atoms with van der Waals surface area (Å²) in [7, 11) is -1.32. The summed E-state index contributed by atoms with van der Waals surface area (Å²) in [5, 5.41) is 13.3. The van der Waals surface area contributed by atoms with E-state index in [0.29, 0.717) is 16.9 Å². The number of carbonyl (C=O) groups is 1. The van der Waals surface area contributed by atoms with Crippen molar-refractivity contribution in [2.24, 2.45) is 0 Å². The second-order valence-electron chi connectivity index (χ2n) is 9.96. The largest absolute Gasteiger partial charge is 0.497 e. The Kier molecular flexibility index (Phi) is 9.30. The van der Waals surface area contributed by atoms with Gasteiger partial charge in [-0.1, -0.05) is 88.0 Å². The van der Waals surface area contributed by atoms with Crippen LogP contribution in [-0.2, 0) is 9.16 Å². The molecule has 0 aliphatic carbocycles. The van der Waals surface area contributed by atoms with Crippen LogP contribution in [0.1, 0.15) is 38.1 Å². The van der Waals surface area contributed by atoms with E-state index >= 15 is 0 Å². The van der Waals surface area contributed by atoms with E-state index in [1.165, 1.54) is 0 Å². The molecule has 2 atom stereocenters. The van der Waals surface area contributed by atoms with Crippen LogP contribution in [0.15, 0.2) is 103 Å². The fourth-order valence-corrected chi connectivity index (χ4v) is 9.10. The lowest BCUT2D eigenvalue weighted by molar-refractivity contribution is -0.0199. The predicted molar refractivity (Wildman–Crippen MR) is 150 cm³/mol. The van der Waals surface area contributed by atoms with Crippen molar-refractivity contribution in [2.75, 3.05) is 13.7 Å². The summed E-state index contributed by atoms with van der Waals surface area (Å²) in [6.45, 7) is 11.9. The summed E-state index contributed by atoms with van der Waals surface area (Å²) in [6.07, 6.45) is -2.09. The topological polar surface area (TPSA) is 65.0 Å². The van der Waals surface area contributed by atoms with Crippen LogP contribution >= 0.6 is 0 Å². The monoisotopic (exact) mass is 516 g/mol. The summed E-state index contributed by atoms with van der Waals surface area (Å²) in [4.78, 5) is 12.9. The van der Waals surface area contributed by atoms with E-state index in [2.05, 4.69) is 57.3 Å². The Hall–Kier alpha value is -3.41. The van der Waals surface area contributed by atoms with Crippen LogP contribution in [0.3, 0.4) is 0 Å². The van der Waals surface area contributed by atoms with E-state index < -0.39 is 26.5 Å². The van der Waals surface area contributed by atoms with Crippen LogP contribution in [0.25, 0.3) is 0 Å². The number of carbonyl (C=O) groups excluding carboxylic acids is 1. The van der Waals surface area contributed by atoms with Gasteiger partial charge in [0.15, 0.2) is 6.10 Å². The first kappa shape index (κ1) is 28.2. The van der Waals surface area contributed by atoms with E-state index in [-0.39, 0.29) is 11.6 Å². The van der Waals surface area contributed by atoms with E-state index in [9.17, 15) is 9.90 Å². The first-order chi connectivity index (χ1) is 17.6. The molecule has 0 saturated carbocycles. The Labute approximate surface area is 221 Å². The fraction of sp³-hybridized carbons (Fsp3) is 0.290. The number of benzene rings is 3. The van der Waals surface area contributed by atoms with Crippen molar-refractivity contribution in [1.29, 1.82) is 0 Å². The highest BCUT2D eigenvalue weighted by Crippen LogP contribution is 2.37. The van der Waals surface area contributed by atoms with Gasteiger partial charge < -0.3 is 19.0 Å². The lowest BCUT2D eigenvalue weighted by Crippen LogP contribution is -2.67. The number of aliphatic hydroxyl groups excluding tert-OH is 1. The Morgan fingerprint density at radius 1 is 0.946 bits per heavy atom. The number of hydrogen-bond acceptors (Lipinski definition) is 5. The van der Waals surface area contributed by atoms with Crippen molar-refractivity contribution in [3.05, 3.63) is 108 Å². The molecule has 3 rings (SSSR count). The van der Waals surface area contributed by atoms with Crippen molar-refractivity contribution in [3.63, 3.8) is 0 Å². The van der Waals surface area contributed by atoms with Gasteiger partial charge in [-0.2, -0.15) is 0 Å². The van der Waals surface area contributed by atoms with Crippen molar-refractivity contribution < 1.29 is 23.8 Å². The molecule has 0 fully saturated rings. The SMILES string of the molecule is C=C=C(C)[C@H](OC(=O)c1ccc(OC)cc1)[C@H](O)CO[Si](c1ccccc1)(c1ccccc1)C(C)(C)C. The number of aliphatic hydroxyl groups is 1. The zero-order chi connectivity index (χ0) is 27.1. The van der Waals surface area contributed by atoms with E-state index in [1.807, 2.05) is 36.4 Å². The molecule has 3 aromatic rings. The zero-order valence-electron chi connectivity index (χ0n) is 22.2. The third kappa shape index (κ3) is 6.30. The third-order valence-electron chi connectivity index (χ3n) is 6.50. The third-order valence-corrected chi connectivity index (χ3v) is 11.5. The molecule has 0 unspecified atom stereocenters. The Bertz CT molecular complexity index is 1170. The Morgan fingerprint density at radius 3 is 1.89 bits per heavy atom. The fourth-order valence-electron chi connectivity index (χ4n) is 4.53. The minimum atomic E-state index is -2.88. The second-order valence-corrected chi connectivity index (χ2v) is 14.3. The Balaban J connectivity index is 1.93. The number of methoxy groups -OCH3 is 1. The van der Waals surface area contributed by atoms with Crippen molar-refractivity contribution in [3.8, 4) is 5.75 Å². The van der Waals surface area contributed by atoms with E-state index in [0.717, 1.165) is 10.4 Å². The van der Waals surface area contributed by atoms with Gasteiger partial charge in [-0.25, -0.2) is 4.79 Å². The molecule has 0 spiro atoms. The van der Waals surface area contributed by atoms with E-state index in [1.54, 1.807) is 38.3 Å². The molecule has 1 N–H and O–H groups in total. The van der Waals surface area contributed by atoms with Crippen molar-refractivity contribution in [2.45, 2.75) is 44.9 Å². The van der Waals surface area contributed by atoms with Crippen LogP contribution in [-0.4, -0.2) is 45.3 Å². The minimum absolute atomic E-state index is 0.0349. The molecule has 0 radical (unpaired) electrons. The van der Waals surface area contributed by atoms with Gasteiger partial charge >= 0.3 is 5.97 Å². The standard InChI is InChI=1S/C31H36O5Si/c1-7-23(2)29(36-30(33)24-18-20-25(34-6)21-19-24)28(32)22-35-37(31(3,4)5,26-14-10-8-11-15-26)27-16-12-9-13-17-27/h8-21,28-29,32H,1,22H2,2-6H3/t28-,29+/m1/s1. The molecule has 0 heterocycles. The smallest absolute Gasteiger partial charge is 0.338 e. The summed E-state index contributed by atoms with van der Waals surface area (Å²) in [5.74, 6) is 0.0701. The average molecular weight is 517 g/mol.